The fourth-order valence-electron chi connectivity index (χ4n) is 2.04. The van der Waals surface area contributed by atoms with Gasteiger partial charge in [0.2, 0.25) is 0 Å². The highest BCUT2D eigenvalue weighted by molar-refractivity contribution is 7.14. The van der Waals surface area contributed by atoms with Crippen LogP contribution in [0.15, 0.2) is 28.6 Å². The summed E-state index contributed by atoms with van der Waals surface area (Å²) in [7, 11) is 0. The van der Waals surface area contributed by atoms with Crippen LogP contribution in [-0.4, -0.2) is 17.4 Å². The lowest BCUT2D eigenvalue weighted by Crippen LogP contribution is -2.15. The van der Waals surface area contributed by atoms with Crippen molar-refractivity contribution < 1.29 is 0 Å². The summed E-state index contributed by atoms with van der Waals surface area (Å²) in [4.78, 5) is 9.04. The molecule has 1 aliphatic heterocycles. The van der Waals surface area contributed by atoms with Gasteiger partial charge in [-0.2, -0.15) is 0 Å². The largest absolute Gasteiger partial charge is 0.320 e. The van der Waals surface area contributed by atoms with Crippen LogP contribution in [0.1, 0.15) is 19.3 Å². The summed E-state index contributed by atoms with van der Waals surface area (Å²) >= 11 is 13.5. The first-order valence-electron chi connectivity index (χ1n) is 6.44. The monoisotopic (exact) mass is 325 g/mol. The molecule has 2 aromatic rings. The van der Waals surface area contributed by atoms with Gasteiger partial charge in [-0.3, -0.25) is 4.99 Å². The second kappa shape index (κ2) is 6.12. The van der Waals surface area contributed by atoms with Crippen LogP contribution in [0, 0.1) is 0 Å². The number of aromatic nitrogens is 1. The predicted molar refractivity (Wildman–Crippen MR) is 87.3 cm³/mol. The molecule has 0 saturated heterocycles. The van der Waals surface area contributed by atoms with E-state index in [1.54, 1.807) is 17.4 Å². The maximum absolute atomic E-state index is 6.04. The Kier molecular flexibility index (Phi) is 4.24. The maximum Gasteiger partial charge on any atom is 0.188 e. The lowest BCUT2D eigenvalue weighted by atomic mass is 10.2. The van der Waals surface area contributed by atoms with Gasteiger partial charge in [-0.25, -0.2) is 4.98 Å². The lowest BCUT2D eigenvalue weighted by molar-refractivity contribution is 0.737. The van der Waals surface area contributed by atoms with E-state index in [1.165, 1.54) is 12.8 Å². The molecule has 1 aromatic heterocycles. The molecule has 0 amide bonds. The molecule has 0 unspecified atom stereocenters. The molecular weight excluding hydrogens is 313 g/mol. The lowest BCUT2D eigenvalue weighted by Gasteiger charge is -2.11. The number of hydrogen-bond acceptors (Lipinski definition) is 4. The van der Waals surface area contributed by atoms with Gasteiger partial charge in [0.25, 0.3) is 0 Å². The van der Waals surface area contributed by atoms with Gasteiger partial charge in [0, 0.05) is 23.9 Å². The molecule has 0 fully saturated rings. The number of halogens is 2. The van der Waals surface area contributed by atoms with Gasteiger partial charge in [0.05, 0.1) is 15.7 Å². The Balaban J connectivity index is 1.79. The first-order chi connectivity index (χ1) is 9.72. The first-order valence-corrected chi connectivity index (χ1v) is 8.07. The first kappa shape index (κ1) is 13.9. The predicted octanol–water partition coefficient (Wildman–Crippen LogP) is 5.11. The minimum absolute atomic E-state index is 0.545. The molecule has 104 valence electrons. The highest BCUT2D eigenvalue weighted by Gasteiger charge is 2.10. The van der Waals surface area contributed by atoms with Crippen molar-refractivity contribution in [2.45, 2.75) is 19.3 Å². The highest BCUT2D eigenvalue weighted by Crippen LogP contribution is 2.30. The van der Waals surface area contributed by atoms with Gasteiger partial charge < -0.3 is 5.32 Å². The second-order valence-corrected chi connectivity index (χ2v) is 6.25. The van der Waals surface area contributed by atoms with Crippen LogP contribution >= 0.6 is 34.5 Å². The van der Waals surface area contributed by atoms with Gasteiger partial charge >= 0.3 is 0 Å². The Bertz CT molecular complexity index is 652. The summed E-state index contributed by atoms with van der Waals surface area (Å²) < 4.78 is 0. The van der Waals surface area contributed by atoms with Crippen LogP contribution in [0.4, 0.5) is 5.13 Å². The van der Waals surface area contributed by atoms with E-state index in [2.05, 4.69) is 15.3 Å². The molecule has 0 bridgehead atoms. The molecule has 1 aromatic carbocycles. The molecule has 0 saturated carbocycles. The highest BCUT2D eigenvalue weighted by atomic mass is 35.5. The zero-order valence-electron chi connectivity index (χ0n) is 10.7. The molecule has 0 spiro atoms. The minimum Gasteiger partial charge on any atom is -0.320 e. The Morgan fingerprint density at radius 2 is 2.05 bits per heavy atom. The van der Waals surface area contributed by atoms with Crippen LogP contribution in [0.2, 0.25) is 10.0 Å². The molecule has 6 heteroatoms. The van der Waals surface area contributed by atoms with Gasteiger partial charge in [-0.15, -0.1) is 11.3 Å². The third kappa shape index (κ3) is 3.14. The smallest absolute Gasteiger partial charge is 0.188 e. The number of rotatable bonds is 2. The van der Waals surface area contributed by atoms with Crippen molar-refractivity contribution in [1.82, 2.24) is 4.98 Å². The van der Waals surface area contributed by atoms with Crippen molar-refractivity contribution in [3.05, 3.63) is 33.6 Å². The Hall–Kier alpha value is -1.10. The molecular formula is C14H13Cl2N3S. The molecule has 1 aliphatic rings. The molecule has 0 radical (unpaired) electrons. The van der Waals surface area contributed by atoms with Crippen molar-refractivity contribution in [1.29, 1.82) is 0 Å². The summed E-state index contributed by atoms with van der Waals surface area (Å²) in [5.74, 6) is 1.03. The van der Waals surface area contributed by atoms with Crippen molar-refractivity contribution in [2.24, 2.45) is 4.99 Å². The average Bonchev–Trinajstić information content (AvgIpc) is 2.91. The van der Waals surface area contributed by atoms with E-state index in [1.807, 2.05) is 17.5 Å². The molecule has 2 heterocycles. The normalized spacial score (nSPS) is 15.0. The van der Waals surface area contributed by atoms with E-state index >= 15 is 0 Å². The molecule has 3 rings (SSSR count). The Labute approximate surface area is 131 Å². The van der Waals surface area contributed by atoms with Gasteiger partial charge in [-0.05, 0) is 25.0 Å². The van der Waals surface area contributed by atoms with E-state index in [4.69, 9.17) is 23.2 Å². The summed E-state index contributed by atoms with van der Waals surface area (Å²) in [5, 5.41) is 7.27. The van der Waals surface area contributed by atoms with Crippen LogP contribution < -0.4 is 5.32 Å². The van der Waals surface area contributed by atoms with E-state index in [-0.39, 0.29) is 0 Å². The maximum atomic E-state index is 6.04. The van der Waals surface area contributed by atoms with E-state index in [0.29, 0.717) is 10.0 Å². The number of nitrogens with zero attached hydrogens (tertiary/aromatic N) is 2. The number of amidine groups is 1. The summed E-state index contributed by atoms with van der Waals surface area (Å²) in [6.45, 7) is 0.910. The number of nitrogens with one attached hydrogen (secondary N) is 1. The van der Waals surface area contributed by atoms with E-state index in [9.17, 15) is 0 Å². The van der Waals surface area contributed by atoms with E-state index < -0.39 is 0 Å². The SMILES string of the molecule is Clc1ccc(-c2csc(NC3=NCCCC3)n2)cc1Cl. The van der Waals surface area contributed by atoms with Crippen molar-refractivity contribution in [2.75, 3.05) is 11.9 Å². The van der Waals surface area contributed by atoms with Gasteiger partial charge in [-0.1, -0.05) is 29.3 Å². The van der Waals surface area contributed by atoms with Crippen molar-refractivity contribution >= 4 is 45.5 Å². The minimum atomic E-state index is 0.545. The number of aliphatic imine (C=N–C) groups is 1. The third-order valence-electron chi connectivity index (χ3n) is 3.10. The van der Waals surface area contributed by atoms with Crippen molar-refractivity contribution in [3.63, 3.8) is 0 Å². The number of benzene rings is 1. The molecule has 1 N–H and O–H groups in total. The van der Waals surface area contributed by atoms with Gasteiger partial charge in [0.15, 0.2) is 5.13 Å². The topological polar surface area (TPSA) is 37.3 Å². The molecule has 3 nitrogen and oxygen atoms in total. The number of hydrogen-bond donors (Lipinski definition) is 1. The quantitative estimate of drug-likeness (QED) is 0.832. The number of anilines is 1. The number of thiazole rings is 1. The van der Waals surface area contributed by atoms with Crippen LogP contribution in [-0.2, 0) is 0 Å². The van der Waals surface area contributed by atoms with Crippen LogP contribution in [0.5, 0.6) is 0 Å². The molecule has 20 heavy (non-hydrogen) atoms. The Morgan fingerprint density at radius 1 is 1.15 bits per heavy atom. The van der Waals surface area contributed by atoms with Gasteiger partial charge in [0.1, 0.15) is 5.84 Å². The fourth-order valence-corrected chi connectivity index (χ4v) is 3.08. The second-order valence-electron chi connectivity index (χ2n) is 4.58. The molecule has 0 aliphatic carbocycles. The zero-order chi connectivity index (χ0) is 13.9. The Morgan fingerprint density at radius 3 is 2.80 bits per heavy atom. The molecule has 0 atom stereocenters. The van der Waals surface area contributed by atoms with E-state index in [0.717, 1.165) is 35.2 Å². The summed E-state index contributed by atoms with van der Waals surface area (Å²) in [6, 6.07) is 5.54. The standard InChI is InChI=1S/C14H13Cl2N3S/c15-10-5-4-9(7-11(10)16)12-8-20-14(18-12)19-13-3-1-2-6-17-13/h4-5,7-8H,1-3,6H2,(H,17,18,19). The summed E-state index contributed by atoms with van der Waals surface area (Å²) in [6.07, 6.45) is 3.37. The van der Waals surface area contributed by atoms with Crippen molar-refractivity contribution in [3.8, 4) is 11.3 Å². The van der Waals surface area contributed by atoms with Crippen LogP contribution in [0.3, 0.4) is 0 Å². The average molecular weight is 326 g/mol. The zero-order valence-corrected chi connectivity index (χ0v) is 13.0. The summed E-state index contributed by atoms with van der Waals surface area (Å²) in [5.41, 5.74) is 1.86. The fraction of sp³-hybridized carbons (Fsp3) is 0.286. The third-order valence-corrected chi connectivity index (χ3v) is 4.59. The van der Waals surface area contributed by atoms with Crippen LogP contribution in [0.25, 0.3) is 11.3 Å².